The van der Waals surface area contributed by atoms with Crippen molar-refractivity contribution in [2.45, 2.75) is 25.8 Å². The summed E-state index contributed by atoms with van der Waals surface area (Å²) in [5, 5.41) is 14.0. The molecule has 41 heavy (non-hydrogen) atoms. The lowest BCUT2D eigenvalue weighted by Crippen LogP contribution is -2.68. The summed E-state index contributed by atoms with van der Waals surface area (Å²) in [6, 6.07) is 32.1. The predicted octanol–water partition coefficient (Wildman–Crippen LogP) is 6.07. The van der Waals surface area contributed by atoms with Crippen molar-refractivity contribution in [2.24, 2.45) is 0 Å². The third-order valence-corrected chi connectivity index (χ3v) is 12.3. The van der Waals surface area contributed by atoms with Crippen molar-refractivity contribution in [1.82, 2.24) is 0 Å². The number of carbonyl (C=O) groups is 2. The van der Waals surface area contributed by atoms with Crippen LogP contribution in [0.1, 0.15) is 42.3 Å². The van der Waals surface area contributed by atoms with Crippen LogP contribution in [-0.2, 0) is 4.79 Å². The molecule has 4 rings (SSSR count). The minimum atomic E-state index is -3.07. The molecule has 0 unspecified atom stereocenters. The average Bonchev–Trinajstić information content (AvgIpc) is 2.99. The fraction of sp³-hybridized carbons (Fsp3) is 0.182. The zero-order valence-electron chi connectivity index (χ0n) is 23.4. The molecule has 0 aliphatic rings. The average molecular weight is 628 g/mol. The van der Waals surface area contributed by atoms with E-state index in [0.29, 0.717) is 22.6 Å². The molecule has 1 amide bonds. The Kier molecular flexibility index (Phi) is 9.11. The van der Waals surface area contributed by atoms with Crippen LogP contribution in [0.15, 0.2) is 97.1 Å². The molecule has 0 saturated carbocycles. The topological polar surface area (TPSA) is 88.4 Å². The molecular formula is C33H31BrN2O4Si. The van der Waals surface area contributed by atoms with Gasteiger partial charge in [0.05, 0.1) is 29.8 Å². The molecule has 0 radical (unpaired) electrons. The largest absolute Gasteiger partial charge is 0.531 e. The molecular weight excluding hydrogens is 596 g/mol. The maximum absolute atomic E-state index is 13.9. The van der Waals surface area contributed by atoms with Crippen LogP contribution in [0.5, 0.6) is 11.5 Å². The van der Waals surface area contributed by atoms with Gasteiger partial charge in [-0.2, -0.15) is 5.26 Å². The first-order valence-electron chi connectivity index (χ1n) is 13.1. The van der Waals surface area contributed by atoms with Gasteiger partial charge in [0.2, 0.25) is 5.91 Å². The van der Waals surface area contributed by atoms with Gasteiger partial charge in [0.1, 0.15) is 5.75 Å². The number of alkyl halides is 1. The number of halogens is 1. The molecule has 0 heterocycles. The Morgan fingerprint density at radius 3 is 2.00 bits per heavy atom. The van der Waals surface area contributed by atoms with Crippen LogP contribution < -0.4 is 24.9 Å². The molecule has 0 fully saturated rings. The molecule has 0 spiro atoms. The van der Waals surface area contributed by atoms with Gasteiger partial charge in [-0.1, -0.05) is 109 Å². The number of nitrogens with zero attached hydrogens (tertiary/aromatic N) is 1. The van der Waals surface area contributed by atoms with Gasteiger partial charge in [-0.05, 0) is 33.6 Å². The highest BCUT2D eigenvalue weighted by Gasteiger charge is 2.52. The highest BCUT2D eigenvalue weighted by atomic mass is 79.9. The van der Waals surface area contributed by atoms with E-state index in [-0.39, 0.29) is 33.3 Å². The molecule has 0 aromatic heterocycles. The predicted molar refractivity (Wildman–Crippen MR) is 168 cm³/mol. The molecule has 0 bridgehead atoms. The molecule has 8 heteroatoms. The number of hydrogen-bond acceptors (Lipinski definition) is 5. The van der Waals surface area contributed by atoms with Crippen molar-refractivity contribution in [2.75, 3.05) is 17.8 Å². The van der Waals surface area contributed by atoms with Crippen LogP contribution in [0, 0.1) is 11.3 Å². The van der Waals surface area contributed by atoms with E-state index in [1.54, 1.807) is 30.3 Å². The first-order chi connectivity index (χ1) is 19.6. The minimum absolute atomic E-state index is 0.0488. The number of ketones is 1. The molecule has 1 N–H and O–H groups in total. The van der Waals surface area contributed by atoms with Crippen molar-refractivity contribution >= 4 is 52.0 Å². The number of carbonyl (C=O) groups excluding carboxylic acids is 2. The fourth-order valence-corrected chi connectivity index (χ4v) is 9.53. The summed E-state index contributed by atoms with van der Waals surface area (Å²) in [5.74, 6) is 0.0815. The highest BCUT2D eigenvalue weighted by Crippen LogP contribution is 2.42. The molecule has 4 aromatic rings. The van der Waals surface area contributed by atoms with E-state index in [4.69, 9.17) is 9.16 Å². The molecule has 4 aromatic carbocycles. The standard InChI is InChI=1S/C33H31BrN2O4Si/c1-33(2,3)41(25-14-7-5-8-15-25,26-16-9-6-10-17-26)40-30-19-27(28(20-29(30)39-4)36-31(37)21-34)32(38)24-13-11-12-23(18-24)22-35/h5-20H,21H2,1-4H3,(H,36,37). The van der Waals surface area contributed by atoms with Crippen molar-refractivity contribution in [3.8, 4) is 17.6 Å². The van der Waals surface area contributed by atoms with Gasteiger partial charge in [-0.15, -0.1) is 0 Å². The number of ether oxygens (including phenoxy) is 1. The van der Waals surface area contributed by atoms with E-state index in [0.717, 1.165) is 10.4 Å². The van der Waals surface area contributed by atoms with E-state index in [1.807, 2.05) is 36.4 Å². The summed E-state index contributed by atoms with van der Waals surface area (Å²) < 4.78 is 13.0. The second-order valence-electron chi connectivity index (χ2n) is 10.5. The van der Waals surface area contributed by atoms with Gasteiger partial charge in [0.25, 0.3) is 0 Å². The van der Waals surface area contributed by atoms with Crippen LogP contribution in [0.2, 0.25) is 5.04 Å². The maximum atomic E-state index is 13.9. The van der Waals surface area contributed by atoms with E-state index in [1.165, 1.54) is 13.2 Å². The molecule has 6 nitrogen and oxygen atoms in total. The first kappa shape index (κ1) is 29.8. The Hall–Kier alpha value is -4.19. The number of nitrogens with one attached hydrogen (secondary N) is 1. The molecule has 0 aliphatic carbocycles. The third kappa shape index (κ3) is 6.12. The van der Waals surface area contributed by atoms with Crippen LogP contribution in [0.25, 0.3) is 0 Å². The summed E-state index contributed by atoms with van der Waals surface area (Å²) in [6.45, 7) is 6.49. The molecule has 208 valence electrons. The Balaban J connectivity index is 1.99. The summed E-state index contributed by atoms with van der Waals surface area (Å²) >= 11 is 3.18. The van der Waals surface area contributed by atoms with Gasteiger partial charge < -0.3 is 14.5 Å². The lowest BCUT2D eigenvalue weighted by molar-refractivity contribution is -0.113. The number of hydrogen-bond donors (Lipinski definition) is 1. The quantitative estimate of drug-likeness (QED) is 0.138. The number of methoxy groups -OCH3 is 1. The first-order valence-corrected chi connectivity index (χ1v) is 16.1. The normalized spacial score (nSPS) is 11.3. The zero-order valence-corrected chi connectivity index (χ0v) is 26.0. The third-order valence-electron chi connectivity index (χ3n) is 6.88. The van der Waals surface area contributed by atoms with E-state index in [2.05, 4.69) is 72.4 Å². The van der Waals surface area contributed by atoms with Crippen LogP contribution >= 0.6 is 15.9 Å². The van der Waals surface area contributed by atoms with Crippen molar-refractivity contribution in [3.63, 3.8) is 0 Å². The lowest BCUT2D eigenvalue weighted by Gasteiger charge is -2.43. The van der Waals surface area contributed by atoms with Gasteiger partial charge in [0.15, 0.2) is 11.5 Å². The Morgan fingerprint density at radius 2 is 1.49 bits per heavy atom. The monoisotopic (exact) mass is 626 g/mol. The van der Waals surface area contributed by atoms with Crippen LogP contribution in [0.3, 0.4) is 0 Å². The molecule has 0 atom stereocenters. The maximum Gasteiger partial charge on any atom is 0.320 e. The number of rotatable bonds is 9. The Morgan fingerprint density at radius 1 is 0.878 bits per heavy atom. The van der Waals surface area contributed by atoms with Crippen LogP contribution in [-0.4, -0.2) is 32.4 Å². The number of nitriles is 1. The Bertz CT molecular complexity index is 1560. The Labute approximate surface area is 250 Å². The molecule has 0 aliphatic heterocycles. The minimum Gasteiger partial charge on any atom is -0.531 e. The van der Waals surface area contributed by atoms with Crippen molar-refractivity contribution < 1.29 is 18.8 Å². The van der Waals surface area contributed by atoms with Gasteiger partial charge in [-0.25, -0.2) is 0 Å². The van der Waals surface area contributed by atoms with E-state index < -0.39 is 8.32 Å². The highest BCUT2D eigenvalue weighted by molar-refractivity contribution is 9.09. The van der Waals surface area contributed by atoms with Crippen LogP contribution in [0.4, 0.5) is 5.69 Å². The zero-order chi connectivity index (χ0) is 29.6. The van der Waals surface area contributed by atoms with Gasteiger partial charge >= 0.3 is 8.32 Å². The second-order valence-corrected chi connectivity index (χ2v) is 15.3. The number of amides is 1. The summed E-state index contributed by atoms with van der Waals surface area (Å²) in [6.07, 6.45) is 0. The smallest absolute Gasteiger partial charge is 0.320 e. The van der Waals surface area contributed by atoms with Crippen molar-refractivity contribution in [1.29, 1.82) is 5.26 Å². The van der Waals surface area contributed by atoms with Crippen molar-refractivity contribution in [3.05, 3.63) is 114 Å². The SMILES string of the molecule is COc1cc(NC(=O)CBr)c(C(=O)c2cccc(C#N)c2)cc1O[Si](c1ccccc1)(c1ccccc1)C(C)(C)C. The summed E-state index contributed by atoms with van der Waals surface area (Å²) in [7, 11) is -1.55. The number of anilines is 1. The molecule has 0 saturated heterocycles. The fourth-order valence-electron chi connectivity index (χ4n) is 4.97. The van der Waals surface area contributed by atoms with Gasteiger partial charge in [-0.3, -0.25) is 9.59 Å². The van der Waals surface area contributed by atoms with Gasteiger partial charge in [0, 0.05) is 17.2 Å². The van der Waals surface area contributed by atoms with E-state index >= 15 is 0 Å². The number of benzene rings is 4. The second kappa shape index (κ2) is 12.5. The summed E-state index contributed by atoms with van der Waals surface area (Å²) in [4.78, 5) is 26.3. The summed E-state index contributed by atoms with van der Waals surface area (Å²) in [5.41, 5.74) is 1.19. The van der Waals surface area contributed by atoms with E-state index in [9.17, 15) is 14.9 Å². The lowest BCUT2D eigenvalue weighted by atomic mass is 9.99.